The van der Waals surface area contributed by atoms with Crippen molar-refractivity contribution >= 4 is 11.6 Å². The molecular formula is C20H26N2O3. The Morgan fingerprint density at radius 2 is 1.80 bits per heavy atom. The van der Waals surface area contributed by atoms with E-state index in [0.29, 0.717) is 17.2 Å². The molecule has 0 spiro atoms. The summed E-state index contributed by atoms with van der Waals surface area (Å²) in [7, 11) is 3.15. The third kappa shape index (κ3) is 5.22. The number of carbonyl (C=O) groups excluding carboxylic acids is 1. The first-order valence-electron chi connectivity index (χ1n) is 8.41. The zero-order valence-corrected chi connectivity index (χ0v) is 15.3. The lowest BCUT2D eigenvalue weighted by Crippen LogP contribution is -2.30. The minimum atomic E-state index is -0.136. The molecule has 0 bridgehead atoms. The van der Waals surface area contributed by atoms with Crippen LogP contribution in [0.4, 0.5) is 5.69 Å². The van der Waals surface area contributed by atoms with Crippen molar-refractivity contribution in [1.29, 1.82) is 0 Å². The lowest BCUT2D eigenvalue weighted by atomic mass is 10.1. The standard InChI is InChI=1S/C20H26N2O3/c1-5-15-6-8-16(9-7-15)14(2)21-13-20(23)22-18-12-17(24-3)10-11-19(18)25-4/h6-12,14,21H,5,13H2,1-4H3,(H,22,23)/t14-/m0/s1. The number of aryl methyl sites for hydroxylation is 1. The topological polar surface area (TPSA) is 59.6 Å². The molecule has 5 heteroatoms. The van der Waals surface area contributed by atoms with Gasteiger partial charge in [-0.15, -0.1) is 0 Å². The van der Waals surface area contributed by atoms with E-state index in [-0.39, 0.29) is 18.5 Å². The molecule has 0 aliphatic heterocycles. The zero-order chi connectivity index (χ0) is 18.2. The number of anilines is 1. The van der Waals surface area contributed by atoms with Crippen molar-refractivity contribution in [1.82, 2.24) is 5.32 Å². The number of methoxy groups -OCH3 is 2. The van der Waals surface area contributed by atoms with E-state index in [9.17, 15) is 4.79 Å². The van der Waals surface area contributed by atoms with Crippen molar-refractivity contribution in [2.24, 2.45) is 0 Å². The number of carbonyl (C=O) groups is 1. The van der Waals surface area contributed by atoms with Crippen LogP contribution in [0.15, 0.2) is 42.5 Å². The van der Waals surface area contributed by atoms with Gasteiger partial charge in [0.2, 0.25) is 5.91 Å². The predicted molar refractivity (Wildman–Crippen MR) is 100 cm³/mol. The largest absolute Gasteiger partial charge is 0.497 e. The zero-order valence-electron chi connectivity index (χ0n) is 15.3. The second kappa shape index (κ2) is 9.08. The van der Waals surface area contributed by atoms with E-state index in [0.717, 1.165) is 12.0 Å². The quantitative estimate of drug-likeness (QED) is 0.770. The van der Waals surface area contributed by atoms with Gasteiger partial charge in [-0.1, -0.05) is 31.2 Å². The fourth-order valence-electron chi connectivity index (χ4n) is 2.51. The fourth-order valence-corrected chi connectivity index (χ4v) is 2.51. The van der Waals surface area contributed by atoms with Gasteiger partial charge in [0.25, 0.3) is 0 Å². The van der Waals surface area contributed by atoms with Crippen LogP contribution in [-0.2, 0) is 11.2 Å². The third-order valence-corrected chi connectivity index (χ3v) is 4.14. The maximum absolute atomic E-state index is 12.2. The van der Waals surface area contributed by atoms with Crippen LogP contribution in [0, 0.1) is 0 Å². The van der Waals surface area contributed by atoms with Crippen molar-refractivity contribution in [3.05, 3.63) is 53.6 Å². The molecule has 2 aromatic rings. The number of hydrogen-bond acceptors (Lipinski definition) is 4. The fraction of sp³-hybridized carbons (Fsp3) is 0.350. The van der Waals surface area contributed by atoms with E-state index >= 15 is 0 Å². The summed E-state index contributed by atoms with van der Waals surface area (Å²) in [4.78, 5) is 12.2. The number of nitrogens with one attached hydrogen (secondary N) is 2. The van der Waals surface area contributed by atoms with Crippen LogP contribution in [0.5, 0.6) is 11.5 Å². The minimum absolute atomic E-state index is 0.0869. The summed E-state index contributed by atoms with van der Waals surface area (Å²) in [6.45, 7) is 4.38. The average Bonchev–Trinajstić information content (AvgIpc) is 2.66. The SMILES string of the molecule is CCc1ccc([C@H](C)NCC(=O)Nc2cc(OC)ccc2OC)cc1. The second-order valence-electron chi connectivity index (χ2n) is 5.81. The summed E-state index contributed by atoms with van der Waals surface area (Å²) in [6.07, 6.45) is 1.02. The highest BCUT2D eigenvalue weighted by molar-refractivity contribution is 5.94. The molecule has 5 nitrogen and oxygen atoms in total. The number of amides is 1. The van der Waals surface area contributed by atoms with Crippen molar-refractivity contribution in [2.75, 3.05) is 26.1 Å². The highest BCUT2D eigenvalue weighted by atomic mass is 16.5. The van der Waals surface area contributed by atoms with Gasteiger partial charge in [0.1, 0.15) is 11.5 Å². The average molecular weight is 342 g/mol. The Balaban J connectivity index is 1.93. The van der Waals surface area contributed by atoms with Gasteiger partial charge in [0, 0.05) is 12.1 Å². The minimum Gasteiger partial charge on any atom is -0.497 e. The maximum atomic E-state index is 12.2. The molecule has 2 aromatic carbocycles. The normalized spacial score (nSPS) is 11.7. The first kappa shape index (κ1) is 18.8. The van der Waals surface area contributed by atoms with Crippen LogP contribution >= 0.6 is 0 Å². The van der Waals surface area contributed by atoms with Crippen LogP contribution in [0.25, 0.3) is 0 Å². The number of rotatable bonds is 8. The number of hydrogen-bond donors (Lipinski definition) is 2. The molecule has 0 aliphatic carbocycles. The Bertz CT molecular complexity index is 699. The summed E-state index contributed by atoms with van der Waals surface area (Å²) in [5.41, 5.74) is 3.05. The Kier molecular flexibility index (Phi) is 6.83. The van der Waals surface area contributed by atoms with Crippen LogP contribution in [0.3, 0.4) is 0 Å². The van der Waals surface area contributed by atoms with Gasteiger partial charge in [-0.25, -0.2) is 0 Å². The van der Waals surface area contributed by atoms with E-state index in [1.807, 2.05) is 6.92 Å². The smallest absolute Gasteiger partial charge is 0.238 e. The summed E-state index contributed by atoms with van der Waals surface area (Å²) in [5.74, 6) is 1.12. The Morgan fingerprint density at radius 3 is 2.40 bits per heavy atom. The van der Waals surface area contributed by atoms with Gasteiger partial charge in [-0.05, 0) is 36.6 Å². The van der Waals surface area contributed by atoms with Gasteiger partial charge >= 0.3 is 0 Å². The van der Waals surface area contributed by atoms with E-state index in [1.54, 1.807) is 32.4 Å². The molecule has 0 unspecified atom stereocenters. The highest BCUT2D eigenvalue weighted by Crippen LogP contribution is 2.28. The van der Waals surface area contributed by atoms with Gasteiger partial charge < -0.3 is 20.1 Å². The lowest BCUT2D eigenvalue weighted by Gasteiger charge is -2.16. The lowest BCUT2D eigenvalue weighted by molar-refractivity contribution is -0.115. The van der Waals surface area contributed by atoms with Crippen LogP contribution < -0.4 is 20.1 Å². The molecule has 2 rings (SSSR count). The van der Waals surface area contributed by atoms with Crippen molar-refractivity contribution in [2.45, 2.75) is 26.3 Å². The van der Waals surface area contributed by atoms with Gasteiger partial charge in [0.15, 0.2) is 0 Å². The molecule has 0 heterocycles. The predicted octanol–water partition coefficient (Wildman–Crippen LogP) is 3.56. The van der Waals surface area contributed by atoms with E-state index in [4.69, 9.17) is 9.47 Å². The highest BCUT2D eigenvalue weighted by Gasteiger charge is 2.11. The third-order valence-electron chi connectivity index (χ3n) is 4.14. The molecule has 1 atom stereocenters. The molecule has 0 fully saturated rings. The monoisotopic (exact) mass is 342 g/mol. The van der Waals surface area contributed by atoms with Gasteiger partial charge in [-0.2, -0.15) is 0 Å². The van der Waals surface area contributed by atoms with Crippen molar-refractivity contribution < 1.29 is 14.3 Å². The van der Waals surface area contributed by atoms with Crippen LogP contribution in [0.1, 0.15) is 31.0 Å². The van der Waals surface area contributed by atoms with Gasteiger partial charge in [-0.3, -0.25) is 4.79 Å². The Morgan fingerprint density at radius 1 is 1.08 bits per heavy atom. The molecule has 134 valence electrons. The summed E-state index contributed by atoms with van der Waals surface area (Å²) >= 11 is 0. The summed E-state index contributed by atoms with van der Waals surface area (Å²) < 4.78 is 10.5. The number of benzene rings is 2. The van der Waals surface area contributed by atoms with E-state index < -0.39 is 0 Å². The molecular weight excluding hydrogens is 316 g/mol. The first-order valence-corrected chi connectivity index (χ1v) is 8.41. The molecule has 0 saturated heterocycles. The molecule has 2 N–H and O–H groups in total. The number of ether oxygens (including phenoxy) is 2. The molecule has 0 saturated carbocycles. The Hall–Kier alpha value is -2.53. The maximum Gasteiger partial charge on any atom is 0.238 e. The van der Waals surface area contributed by atoms with Crippen LogP contribution in [0.2, 0.25) is 0 Å². The van der Waals surface area contributed by atoms with Crippen molar-refractivity contribution in [3.8, 4) is 11.5 Å². The van der Waals surface area contributed by atoms with E-state index in [1.165, 1.54) is 5.56 Å². The molecule has 0 aliphatic rings. The Labute approximate surface area is 149 Å². The van der Waals surface area contributed by atoms with Gasteiger partial charge in [0.05, 0.1) is 26.5 Å². The molecule has 0 radical (unpaired) electrons. The first-order chi connectivity index (χ1) is 12.1. The molecule has 0 aromatic heterocycles. The summed E-state index contributed by atoms with van der Waals surface area (Å²) in [5, 5.41) is 6.09. The van der Waals surface area contributed by atoms with Crippen molar-refractivity contribution in [3.63, 3.8) is 0 Å². The second-order valence-corrected chi connectivity index (χ2v) is 5.81. The summed E-state index contributed by atoms with van der Waals surface area (Å²) in [6, 6.07) is 13.8. The van der Waals surface area contributed by atoms with E-state index in [2.05, 4.69) is 41.8 Å². The molecule has 25 heavy (non-hydrogen) atoms. The van der Waals surface area contributed by atoms with Crippen LogP contribution in [-0.4, -0.2) is 26.7 Å². The molecule has 1 amide bonds.